The Labute approximate surface area is 183 Å². The number of amides is 1. The highest BCUT2D eigenvalue weighted by Gasteiger charge is 2.50. The number of para-hydroxylation sites is 1. The van der Waals surface area contributed by atoms with Crippen LogP contribution in [0.2, 0.25) is 0 Å². The van der Waals surface area contributed by atoms with Crippen molar-refractivity contribution in [2.75, 3.05) is 4.90 Å². The molecular weight excluding hydrogens is 386 g/mol. The lowest BCUT2D eigenvalue weighted by Crippen LogP contribution is -2.41. The highest BCUT2D eigenvalue weighted by atomic mass is 16.3. The summed E-state index contributed by atoms with van der Waals surface area (Å²) in [5.41, 5.74) is 4.94. The highest BCUT2D eigenvalue weighted by Crippen LogP contribution is 2.43. The summed E-state index contributed by atoms with van der Waals surface area (Å²) in [5.74, 6) is -0.690. The lowest BCUT2D eigenvalue weighted by molar-refractivity contribution is -0.136. The van der Waals surface area contributed by atoms with Crippen molar-refractivity contribution in [3.8, 4) is 0 Å². The molecule has 0 spiro atoms. The molecule has 1 aliphatic rings. The van der Waals surface area contributed by atoms with E-state index in [4.69, 9.17) is 0 Å². The lowest BCUT2D eigenvalue weighted by Gasteiger charge is -2.24. The summed E-state index contributed by atoms with van der Waals surface area (Å²) < 4.78 is 0. The molecule has 0 saturated carbocycles. The van der Waals surface area contributed by atoms with E-state index in [9.17, 15) is 14.7 Å². The van der Waals surface area contributed by atoms with Crippen LogP contribution in [0, 0.1) is 27.7 Å². The van der Waals surface area contributed by atoms with E-state index in [0.29, 0.717) is 23.4 Å². The first-order valence-electron chi connectivity index (χ1n) is 10.5. The van der Waals surface area contributed by atoms with Gasteiger partial charge in [0.1, 0.15) is 0 Å². The average Bonchev–Trinajstić information content (AvgIpc) is 2.92. The van der Waals surface area contributed by atoms with Gasteiger partial charge in [0.05, 0.1) is 18.7 Å². The zero-order chi connectivity index (χ0) is 22.3. The molecule has 0 fully saturated rings. The smallest absolute Gasteiger partial charge is 0.264 e. The van der Waals surface area contributed by atoms with Gasteiger partial charge in [-0.3, -0.25) is 9.59 Å². The number of fused-ring (bicyclic) bond motifs is 1. The number of aryl methyl sites for hydroxylation is 4. The first kappa shape index (κ1) is 21.0. The van der Waals surface area contributed by atoms with Crippen LogP contribution in [0.4, 0.5) is 5.69 Å². The Morgan fingerprint density at radius 1 is 0.903 bits per heavy atom. The van der Waals surface area contributed by atoms with Crippen LogP contribution in [0.25, 0.3) is 0 Å². The Bertz CT molecular complexity index is 1200. The molecule has 1 atom stereocenters. The van der Waals surface area contributed by atoms with E-state index >= 15 is 0 Å². The number of hydrogen-bond acceptors (Lipinski definition) is 3. The molecule has 0 aliphatic carbocycles. The standard InChI is InChI=1S/C27H27NO3/c1-17-10-12-22(20(4)13-17)25(29)15-27(31)23-7-5-6-8-24(23)28(26(27)30)16-21-14-18(2)9-11-19(21)3/h5-14,31H,15-16H2,1-4H3. The molecule has 3 aromatic carbocycles. The quantitative estimate of drug-likeness (QED) is 0.604. The van der Waals surface area contributed by atoms with Crippen LogP contribution in [0.1, 0.15) is 50.2 Å². The fraction of sp³-hybridized carbons (Fsp3) is 0.259. The first-order chi connectivity index (χ1) is 14.7. The number of hydrogen-bond donors (Lipinski definition) is 1. The summed E-state index contributed by atoms with van der Waals surface area (Å²) in [4.78, 5) is 28.2. The zero-order valence-corrected chi connectivity index (χ0v) is 18.4. The molecule has 0 radical (unpaired) electrons. The molecule has 4 nitrogen and oxygen atoms in total. The van der Waals surface area contributed by atoms with Crippen molar-refractivity contribution in [3.63, 3.8) is 0 Å². The van der Waals surface area contributed by atoms with E-state index in [2.05, 4.69) is 6.07 Å². The van der Waals surface area contributed by atoms with Gasteiger partial charge in [-0.15, -0.1) is 0 Å². The van der Waals surface area contributed by atoms with E-state index in [1.807, 2.05) is 64.1 Å². The highest BCUT2D eigenvalue weighted by molar-refractivity contribution is 6.11. The minimum absolute atomic E-state index is 0.239. The number of ketones is 1. The normalized spacial score (nSPS) is 17.7. The van der Waals surface area contributed by atoms with Crippen molar-refractivity contribution < 1.29 is 14.7 Å². The fourth-order valence-corrected chi connectivity index (χ4v) is 4.43. The van der Waals surface area contributed by atoms with Crippen molar-refractivity contribution in [2.24, 2.45) is 0 Å². The number of aliphatic hydroxyl groups is 1. The van der Waals surface area contributed by atoms with Crippen LogP contribution in [-0.4, -0.2) is 16.8 Å². The van der Waals surface area contributed by atoms with Crippen LogP contribution in [0.3, 0.4) is 0 Å². The second-order valence-corrected chi connectivity index (χ2v) is 8.62. The maximum atomic E-state index is 13.5. The molecule has 1 amide bonds. The number of Topliss-reactive ketones (excluding diaryl/α,β-unsaturated/α-hetero) is 1. The largest absolute Gasteiger partial charge is 0.375 e. The number of carbonyl (C=O) groups excluding carboxylic acids is 2. The van der Waals surface area contributed by atoms with Gasteiger partial charge in [-0.1, -0.05) is 65.7 Å². The van der Waals surface area contributed by atoms with Crippen LogP contribution < -0.4 is 4.90 Å². The number of anilines is 1. The van der Waals surface area contributed by atoms with Gasteiger partial charge in [0.2, 0.25) is 0 Å². The molecule has 1 heterocycles. The van der Waals surface area contributed by atoms with Gasteiger partial charge in [-0.25, -0.2) is 0 Å². The van der Waals surface area contributed by atoms with Crippen LogP contribution in [0.5, 0.6) is 0 Å². The Morgan fingerprint density at radius 3 is 2.32 bits per heavy atom. The SMILES string of the molecule is Cc1ccc(C(=O)CC2(O)C(=O)N(Cc3cc(C)ccc3C)c3ccccc32)c(C)c1. The van der Waals surface area contributed by atoms with E-state index in [1.54, 1.807) is 23.1 Å². The van der Waals surface area contributed by atoms with E-state index in [0.717, 1.165) is 27.8 Å². The van der Waals surface area contributed by atoms with Gasteiger partial charge in [-0.2, -0.15) is 0 Å². The van der Waals surface area contributed by atoms with E-state index in [1.165, 1.54) is 0 Å². The summed E-state index contributed by atoms with van der Waals surface area (Å²) in [5, 5.41) is 11.5. The van der Waals surface area contributed by atoms with Crippen LogP contribution in [-0.2, 0) is 16.9 Å². The minimum Gasteiger partial charge on any atom is -0.375 e. The molecule has 0 bridgehead atoms. The maximum absolute atomic E-state index is 13.5. The number of carbonyl (C=O) groups is 2. The van der Waals surface area contributed by atoms with Crippen molar-refractivity contribution in [2.45, 2.75) is 46.3 Å². The summed E-state index contributed by atoms with van der Waals surface area (Å²) in [6.45, 7) is 8.22. The third kappa shape index (κ3) is 3.68. The lowest BCUT2D eigenvalue weighted by atomic mass is 9.87. The minimum atomic E-state index is -1.87. The molecule has 1 unspecified atom stereocenters. The van der Waals surface area contributed by atoms with E-state index < -0.39 is 11.5 Å². The van der Waals surface area contributed by atoms with Crippen molar-refractivity contribution in [1.82, 2.24) is 0 Å². The molecule has 4 rings (SSSR count). The topological polar surface area (TPSA) is 57.6 Å². The van der Waals surface area contributed by atoms with Gasteiger partial charge in [0.15, 0.2) is 11.4 Å². The van der Waals surface area contributed by atoms with Gasteiger partial charge in [0.25, 0.3) is 5.91 Å². The predicted molar refractivity (Wildman–Crippen MR) is 122 cm³/mol. The molecular formula is C27H27NO3. The number of rotatable bonds is 5. The van der Waals surface area contributed by atoms with Gasteiger partial charge >= 0.3 is 0 Å². The van der Waals surface area contributed by atoms with Gasteiger partial charge in [-0.05, 0) is 50.5 Å². The number of nitrogens with zero attached hydrogens (tertiary/aromatic N) is 1. The molecule has 4 heteroatoms. The Balaban J connectivity index is 1.71. The Hall–Kier alpha value is -3.24. The molecule has 31 heavy (non-hydrogen) atoms. The van der Waals surface area contributed by atoms with Crippen LogP contribution >= 0.6 is 0 Å². The van der Waals surface area contributed by atoms with E-state index in [-0.39, 0.29) is 12.2 Å². The summed E-state index contributed by atoms with van der Waals surface area (Å²) >= 11 is 0. The Kier molecular flexibility index (Phi) is 5.28. The second-order valence-electron chi connectivity index (χ2n) is 8.62. The molecule has 3 aromatic rings. The average molecular weight is 414 g/mol. The second kappa shape index (κ2) is 7.78. The third-order valence-corrected chi connectivity index (χ3v) is 6.17. The molecule has 0 saturated heterocycles. The van der Waals surface area contributed by atoms with Crippen molar-refractivity contribution in [3.05, 3.63) is 99.6 Å². The van der Waals surface area contributed by atoms with Crippen molar-refractivity contribution >= 4 is 17.4 Å². The molecule has 0 aromatic heterocycles. The zero-order valence-electron chi connectivity index (χ0n) is 18.4. The van der Waals surface area contributed by atoms with Crippen LogP contribution in [0.15, 0.2) is 60.7 Å². The number of benzene rings is 3. The fourth-order valence-electron chi connectivity index (χ4n) is 4.43. The summed E-state index contributed by atoms with van der Waals surface area (Å²) in [6, 6.07) is 18.9. The monoisotopic (exact) mass is 413 g/mol. The summed E-state index contributed by atoms with van der Waals surface area (Å²) in [6.07, 6.45) is -0.282. The predicted octanol–water partition coefficient (Wildman–Crippen LogP) is 4.93. The van der Waals surface area contributed by atoms with Gasteiger partial charge < -0.3 is 10.0 Å². The van der Waals surface area contributed by atoms with Crippen molar-refractivity contribution in [1.29, 1.82) is 0 Å². The first-order valence-corrected chi connectivity index (χ1v) is 10.5. The summed E-state index contributed by atoms with van der Waals surface area (Å²) in [7, 11) is 0. The molecule has 1 aliphatic heterocycles. The Morgan fingerprint density at radius 2 is 1.58 bits per heavy atom. The molecule has 1 N–H and O–H groups in total. The maximum Gasteiger partial charge on any atom is 0.264 e. The third-order valence-electron chi connectivity index (χ3n) is 6.17. The molecule has 158 valence electrons. The van der Waals surface area contributed by atoms with Gasteiger partial charge in [0, 0.05) is 11.1 Å².